The molecule has 6 nitrogen and oxygen atoms in total. The Morgan fingerprint density at radius 2 is 1.95 bits per heavy atom. The Bertz CT molecular complexity index is 463. The molecule has 1 aromatic rings. The molecule has 0 unspecified atom stereocenters. The summed E-state index contributed by atoms with van der Waals surface area (Å²) in [5.74, 6) is -0.536. The van der Waals surface area contributed by atoms with Crippen molar-refractivity contribution in [2.75, 3.05) is 31.2 Å². The highest BCUT2D eigenvalue weighted by Gasteiger charge is 2.30. The summed E-state index contributed by atoms with van der Waals surface area (Å²) in [6, 6.07) is 3.37. The van der Waals surface area contributed by atoms with Gasteiger partial charge in [-0.15, -0.1) is 0 Å². The Morgan fingerprint density at radius 1 is 1.25 bits per heavy atom. The van der Waals surface area contributed by atoms with Gasteiger partial charge in [0.05, 0.1) is 25.1 Å². The first kappa shape index (κ1) is 13.3. The Kier molecular flexibility index (Phi) is 3.84. The number of carboxylic acid groups (broad SMARTS) is 1. The lowest BCUT2D eigenvalue weighted by atomic mass is 9.96. The topological polar surface area (TPSA) is 71.9 Å². The van der Waals surface area contributed by atoms with E-state index in [1.165, 1.54) is 0 Å². The second kappa shape index (κ2) is 5.76. The Labute approximate surface area is 117 Å². The van der Waals surface area contributed by atoms with E-state index in [9.17, 15) is 4.79 Å². The van der Waals surface area contributed by atoms with Gasteiger partial charge >= 0.3 is 5.97 Å². The molecular weight excluding hydrogens is 260 g/mol. The van der Waals surface area contributed by atoms with Crippen LogP contribution in [0, 0.1) is 5.92 Å². The van der Waals surface area contributed by atoms with Crippen LogP contribution in [-0.2, 0) is 9.47 Å². The summed E-state index contributed by atoms with van der Waals surface area (Å²) < 4.78 is 11.1. The van der Waals surface area contributed by atoms with E-state index < -0.39 is 5.97 Å². The lowest BCUT2D eigenvalue weighted by molar-refractivity contribution is -0.0889. The van der Waals surface area contributed by atoms with Gasteiger partial charge in [0.15, 0.2) is 6.29 Å². The van der Waals surface area contributed by atoms with Gasteiger partial charge in [0.1, 0.15) is 5.69 Å². The van der Waals surface area contributed by atoms with Crippen LogP contribution in [0.15, 0.2) is 18.3 Å². The molecule has 0 saturated carbocycles. The zero-order valence-corrected chi connectivity index (χ0v) is 11.2. The molecule has 0 radical (unpaired) electrons. The lowest BCUT2D eigenvalue weighted by Gasteiger charge is -2.35. The van der Waals surface area contributed by atoms with Crippen molar-refractivity contribution < 1.29 is 19.4 Å². The summed E-state index contributed by atoms with van der Waals surface area (Å²) in [6.07, 6.45) is 3.63. The van der Waals surface area contributed by atoms with E-state index in [0.717, 1.165) is 31.6 Å². The van der Waals surface area contributed by atoms with Crippen molar-refractivity contribution in [3.63, 3.8) is 0 Å². The quantitative estimate of drug-likeness (QED) is 0.900. The third-order valence-corrected chi connectivity index (χ3v) is 3.90. The number of ether oxygens (including phenoxy) is 2. The zero-order valence-electron chi connectivity index (χ0n) is 11.2. The number of anilines is 1. The van der Waals surface area contributed by atoms with Gasteiger partial charge in [-0.05, 0) is 25.0 Å². The third-order valence-electron chi connectivity index (χ3n) is 3.90. The first-order valence-corrected chi connectivity index (χ1v) is 6.91. The lowest BCUT2D eigenvalue weighted by Crippen LogP contribution is -2.38. The Balaban J connectivity index is 1.58. The number of piperidine rings is 1. The molecule has 2 aliphatic rings. The highest BCUT2D eigenvalue weighted by Crippen LogP contribution is 2.28. The first-order chi connectivity index (χ1) is 9.74. The van der Waals surface area contributed by atoms with Gasteiger partial charge in [0.25, 0.3) is 0 Å². The molecular formula is C14H18N2O4. The van der Waals surface area contributed by atoms with E-state index in [4.69, 9.17) is 14.6 Å². The van der Waals surface area contributed by atoms with E-state index in [0.29, 0.717) is 19.1 Å². The van der Waals surface area contributed by atoms with E-state index in [-0.39, 0.29) is 12.0 Å². The number of hydrogen-bond acceptors (Lipinski definition) is 5. The van der Waals surface area contributed by atoms with Crippen LogP contribution in [0.25, 0.3) is 0 Å². The van der Waals surface area contributed by atoms with Crippen LogP contribution in [-0.4, -0.2) is 48.7 Å². The number of hydrogen-bond donors (Lipinski definition) is 1. The zero-order chi connectivity index (χ0) is 13.9. The SMILES string of the molecule is O=C(O)c1ccc(N2CCC(C3OCCO3)CC2)cn1. The molecule has 2 saturated heterocycles. The molecule has 3 rings (SSSR count). The highest BCUT2D eigenvalue weighted by atomic mass is 16.7. The molecule has 2 fully saturated rings. The average molecular weight is 278 g/mol. The smallest absolute Gasteiger partial charge is 0.354 e. The minimum absolute atomic E-state index is 0.0374. The summed E-state index contributed by atoms with van der Waals surface area (Å²) in [5.41, 5.74) is 1.05. The van der Waals surface area contributed by atoms with Gasteiger partial charge in [0, 0.05) is 19.0 Å². The van der Waals surface area contributed by atoms with Gasteiger partial charge in [-0.3, -0.25) is 0 Å². The third kappa shape index (κ3) is 2.76. The molecule has 3 heterocycles. The van der Waals surface area contributed by atoms with E-state index in [1.54, 1.807) is 12.3 Å². The summed E-state index contributed by atoms with van der Waals surface area (Å²) >= 11 is 0. The molecule has 0 aliphatic carbocycles. The molecule has 1 aromatic heterocycles. The standard InChI is InChI=1S/C14H18N2O4/c17-13(18)12-2-1-11(9-15-12)16-5-3-10(4-6-16)14-19-7-8-20-14/h1-2,9-10,14H,3-8H2,(H,17,18). The van der Waals surface area contributed by atoms with E-state index >= 15 is 0 Å². The van der Waals surface area contributed by atoms with Crippen molar-refractivity contribution in [3.05, 3.63) is 24.0 Å². The molecule has 0 bridgehead atoms. The summed E-state index contributed by atoms with van der Waals surface area (Å²) in [6.45, 7) is 3.24. The molecule has 108 valence electrons. The first-order valence-electron chi connectivity index (χ1n) is 6.91. The van der Waals surface area contributed by atoms with Gasteiger partial charge in [-0.25, -0.2) is 9.78 Å². The fraction of sp³-hybridized carbons (Fsp3) is 0.571. The van der Waals surface area contributed by atoms with Gasteiger partial charge in [-0.1, -0.05) is 0 Å². The molecule has 0 atom stereocenters. The van der Waals surface area contributed by atoms with Crippen molar-refractivity contribution in [3.8, 4) is 0 Å². The Hall–Kier alpha value is -1.66. The molecule has 1 N–H and O–H groups in total. The number of carboxylic acids is 1. The van der Waals surface area contributed by atoms with Crippen molar-refractivity contribution in [2.45, 2.75) is 19.1 Å². The van der Waals surface area contributed by atoms with E-state index in [1.807, 2.05) is 6.07 Å². The fourth-order valence-electron chi connectivity index (χ4n) is 2.78. The number of aromatic nitrogens is 1. The van der Waals surface area contributed by atoms with Crippen LogP contribution >= 0.6 is 0 Å². The molecule has 20 heavy (non-hydrogen) atoms. The van der Waals surface area contributed by atoms with Crippen LogP contribution in [0.2, 0.25) is 0 Å². The minimum Gasteiger partial charge on any atom is -0.477 e. The Morgan fingerprint density at radius 3 is 2.50 bits per heavy atom. The number of nitrogens with zero attached hydrogens (tertiary/aromatic N) is 2. The molecule has 0 spiro atoms. The number of rotatable bonds is 3. The predicted octanol–water partition coefficient (Wildman–Crippen LogP) is 1.37. The number of carbonyl (C=O) groups is 1. The monoisotopic (exact) mass is 278 g/mol. The van der Waals surface area contributed by atoms with Crippen LogP contribution in [0.5, 0.6) is 0 Å². The highest BCUT2D eigenvalue weighted by molar-refractivity contribution is 5.85. The van der Waals surface area contributed by atoms with Crippen molar-refractivity contribution in [1.82, 2.24) is 4.98 Å². The molecule has 2 aliphatic heterocycles. The minimum atomic E-state index is -0.995. The maximum Gasteiger partial charge on any atom is 0.354 e. The maximum absolute atomic E-state index is 10.8. The number of aromatic carboxylic acids is 1. The van der Waals surface area contributed by atoms with Gasteiger partial charge < -0.3 is 19.5 Å². The summed E-state index contributed by atoms with van der Waals surface area (Å²) in [5, 5.41) is 8.84. The molecule has 0 amide bonds. The largest absolute Gasteiger partial charge is 0.477 e. The average Bonchev–Trinajstić information content (AvgIpc) is 3.02. The fourth-order valence-corrected chi connectivity index (χ4v) is 2.78. The summed E-state index contributed by atoms with van der Waals surface area (Å²) in [4.78, 5) is 17.0. The second-order valence-corrected chi connectivity index (χ2v) is 5.14. The van der Waals surface area contributed by atoms with Gasteiger partial charge in [0.2, 0.25) is 0 Å². The van der Waals surface area contributed by atoms with Crippen LogP contribution in [0.3, 0.4) is 0 Å². The van der Waals surface area contributed by atoms with Crippen molar-refractivity contribution >= 4 is 11.7 Å². The molecule has 0 aromatic carbocycles. The van der Waals surface area contributed by atoms with Crippen LogP contribution in [0.1, 0.15) is 23.3 Å². The van der Waals surface area contributed by atoms with Crippen LogP contribution < -0.4 is 4.90 Å². The number of pyridine rings is 1. The van der Waals surface area contributed by atoms with Crippen LogP contribution in [0.4, 0.5) is 5.69 Å². The summed E-state index contributed by atoms with van der Waals surface area (Å²) in [7, 11) is 0. The second-order valence-electron chi connectivity index (χ2n) is 5.14. The van der Waals surface area contributed by atoms with E-state index in [2.05, 4.69) is 9.88 Å². The van der Waals surface area contributed by atoms with Gasteiger partial charge in [-0.2, -0.15) is 0 Å². The molecule has 6 heteroatoms. The normalized spacial score (nSPS) is 21.3. The maximum atomic E-state index is 10.8. The van der Waals surface area contributed by atoms with Crippen molar-refractivity contribution in [1.29, 1.82) is 0 Å². The predicted molar refractivity (Wildman–Crippen MR) is 71.8 cm³/mol. The van der Waals surface area contributed by atoms with Crippen molar-refractivity contribution in [2.24, 2.45) is 5.92 Å².